The van der Waals surface area contributed by atoms with Crippen molar-refractivity contribution in [3.05, 3.63) is 23.8 Å². The summed E-state index contributed by atoms with van der Waals surface area (Å²) in [6.07, 6.45) is 0. The Balaban J connectivity index is 3.17. The Labute approximate surface area is 66.1 Å². The van der Waals surface area contributed by atoms with Gasteiger partial charge in [-0.1, -0.05) is 0 Å². The van der Waals surface area contributed by atoms with E-state index in [-0.39, 0.29) is 0 Å². The molecule has 0 aromatic heterocycles. The van der Waals surface area contributed by atoms with Crippen molar-refractivity contribution < 1.29 is 0 Å². The maximum Gasteiger partial charge on any atom is 0.00700 e. The van der Waals surface area contributed by atoms with Crippen molar-refractivity contribution >= 4 is 25.3 Å². The van der Waals surface area contributed by atoms with E-state index in [9.17, 15) is 0 Å². The van der Waals surface area contributed by atoms with Crippen molar-refractivity contribution in [1.82, 2.24) is 0 Å². The molecule has 0 aliphatic heterocycles. The van der Waals surface area contributed by atoms with E-state index in [1.165, 1.54) is 5.56 Å². The summed E-state index contributed by atoms with van der Waals surface area (Å²) in [5.74, 6) is 0. The van der Waals surface area contributed by atoms with Gasteiger partial charge in [0, 0.05) is 9.79 Å². The molecule has 0 nitrogen and oxygen atoms in total. The molecule has 0 saturated carbocycles. The minimum absolute atomic E-state index is 0.991. The van der Waals surface area contributed by atoms with Crippen LogP contribution in [0.1, 0.15) is 5.56 Å². The molecule has 0 N–H and O–H groups in total. The molecule has 48 valence electrons. The third-order valence-electron chi connectivity index (χ3n) is 1.18. The smallest absolute Gasteiger partial charge is 0.00700 e. The average Bonchev–Trinajstić information content (AvgIpc) is 1.80. The van der Waals surface area contributed by atoms with E-state index in [1.807, 2.05) is 25.1 Å². The summed E-state index contributed by atoms with van der Waals surface area (Å²) >= 11 is 8.38. The van der Waals surface area contributed by atoms with Gasteiger partial charge in [-0.25, -0.2) is 0 Å². The van der Waals surface area contributed by atoms with Gasteiger partial charge in [-0.05, 0) is 30.7 Å². The molecule has 0 aliphatic rings. The lowest BCUT2D eigenvalue weighted by atomic mass is 10.2. The summed E-state index contributed by atoms with van der Waals surface area (Å²) in [6, 6.07) is 5.87. The Kier molecular flexibility index (Phi) is 2.09. The number of rotatable bonds is 0. The lowest BCUT2D eigenvalue weighted by Gasteiger charge is -1.96. The molecule has 0 fully saturated rings. The van der Waals surface area contributed by atoms with Crippen LogP contribution in [0.5, 0.6) is 0 Å². The fourth-order valence-corrected chi connectivity index (χ4v) is 1.05. The Hall–Kier alpha value is -0.0800. The average molecular weight is 156 g/mol. The first-order valence-corrected chi connectivity index (χ1v) is 3.58. The van der Waals surface area contributed by atoms with Gasteiger partial charge in [-0.15, -0.1) is 25.3 Å². The number of hydrogen-bond donors (Lipinski definition) is 2. The Morgan fingerprint density at radius 3 is 2.33 bits per heavy atom. The molecule has 0 bridgehead atoms. The minimum Gasteiger partial charge on any atom is -0.143 e. The summed E-state index contributed by atoms with van der Waals surface area (Å²) in [5, 5.41) is 0. The lowest BCUT2D eigenvalue weighted by molar-refractivity contribution is 1.25. The van der Waals surface area contributed by atoms with E-state index >= 15 is 0 Å². The van der Waals surface area contributed by atoms with E-state index < -0.39 is 0 Å². The van der Waals surface area contributed by atoms with Crippen LogP contribution in [-0.2, 0) is 0 Å². The zero-order valence-corrected chi connectivity index (χ0v) is 6.92. The van der Waals surface area contributed by atoms with Crippen LogP contribution in [0.25, 0.3) is 0 Å². The van der Waals surface area contributed by atoms with Gasteiger partial charge >= 0.3 is 0 Å². The second kappa shape index (κ2) is 2.67. The van der Waals surface area contributed by atoms with E-state index in [4.69, 9.17) is 0 Å². The van der Waals surface area contributed by atoms with Crippen molar-refractivity contribution in [2.45, 2.75) is 16.7 Å². The summed E-state index contributed by atoms with van der Waals surface area (Å²) < 4.78 is 0. The van der Waals surface area contributed by atoms with Crippen LogP contribution in [-0.4, -0.2) is 0 Å². The number of hydrogen-bond acceptors (Lipinski definition) is 2. The van der Waals surface area contributed by atoms with Gasteiger partial charge in [-0.2, -0.15) is 0 Å². The molecule has 0 amide bonds. The van der Waals surface area contributed by atoms with Crippen molar-refractivity contribution in [2.24, 2.45) is 0 Å². The molecule has 0 spiro atoms. The van der Waals surface area contributed by atoms with Crippen molar-refractivity contribution in [2.75, 3.05) is 0 Å². The second-order valence-electron chi connectivity index (χ2n) is 1.97. The van der Waals surface area contributed by atoms with E-state index in [0.717, 1.165) is 9.79 Å². The van der Waals surface area contributed by atoms with E-state index in [2.05, 4.69) is 25.3 Å². The molecule has 1 rings (SSSR count). The molecule has 0 heterocycles. The first-order chi connectivity index (χ1) is 4.20. The van der Waals surface area contributed by atoms with Crippen LogP contribution < -0.4 is 0 Å². The Bertz CT molecular complexity index is 218. The first kappa shape index (κ1) is 7.03. The highest BCUT2D eigenvalue weighted by molar-refractivity contribution is 7.80. The molecule has 2 heteroatoms. The zero-order valence-electron chi connectivity index (χ0n) is 5.13. The lowest BCUT2D eigenvalue weighted by Crippen LogP contribution is -1.74. The van der Waals surface area contributed by atoms with Crippen LogP contribution in [0.3, 0.4) is 0 Å². The molecule has 0 atom stereocenters. The van der Waals surface area contributed by atoms with Gasteiger partial charge in [0.05, 0.1) is 0 Å². The Morgan fingerprint density at radius 1 is 1.22 bits per heavy atom. The number of thiol groups is 2. The van der Waals surface area contributed by atoms with E-state index in [1.54, 1.807) is 0 Å². The molecular formula is C7H8S2. The zero-order chi connectivity index (χ0) is 6.85. The first-order valence-electron chi connectivity index (χ1n) is 2.69. The standard InChI is InChI=1S/C7H8S2/c1-5-4-6(8)2-3-7(5)9/h2-4,8-9H,1H3. The van der Waals surface area contributed by atoms with Crippen molar-refractivity contribution in [1.29, 1.82) is 0 Å². The monoisotopic (exact) mass is 156 g/mol. The minimum atomic E-state index is 0.991. The molecule has 0 unspecified atom stereocenters. The van der Waals surface area contributed by atoms with Crippen LogP contribution in [0.2, 0.25) is 0 Å². The fraction of sp³-hybridized carbons (Fsp3) is 0.143. The maximum absolute atomic E-state index is 4.21. The van der Waals surface area contributed by atoms with Crippen molar-refractivity contribution in [3.8, 4) is 0 Å². The molecule has 0 saturated heterocycles. The normalized spacial score (nSPS) is 9.67. The van der Waals surface area contributed by atoms with Gasteiger partial charge in [0.1, 0.15) is 0 Å². The molecule has 1 aromatic rings. The van der Waals surface area contributed by atoms with Gasteiger partial charge in [0.15, 0.2) is 0 Å². The summed E-state index contributed by atoms with van der Waals surface area (Å²) in [5.41, 5.74) is 1.17. The van der Waals surface area contributed by atoms with Gasteiger partial charge in [0.25, 0.3) is 0 Å². The Morgan fingerprint density at radius 2 is 1.89 bits per heavy atom. The van der Waals surface area contributed by atoms with E-state index in [0.29, 0.717) is 0 Å². The predicted molar refractivity (Wildman–Crippen MR) is 45.7 cm³/mol. The van der Waals surface area contributed by atoms with Crippen LogP contribution in [0, 0.1) is 6.92 Å². The van der Waals surface area contributed by atoms with Crippen LogP contribution >= 0.6 is 25.3 Å². The second-order valence-corrected chi connectivity index (χ2v) is 2.97. The highest BCUT2D eigenvalue weighted by atomic mass is 32.1. The molecular weight excluding hydrogens is 148 g/mol. The predicted octanol–water partition coefficient (Wildman–Crippen LogP) is 2.57. The molecule has 0 aliphatic carbocycles. The van der Waals surface area contributed by atoms with Gasteiger partial charge in [-0.3, -0.25) is 0 Å². The third-order valence-corrected chi connectivity index (χ3v) is 1.96. The topological polar surface area (TPSA) is 0 Å². The highest BCUT2D eigenvalue weighted by Crippen LogP contribution is 2.16. The summed E-state index contributed by atoms with van der Waals surface area (Å²) in [4.78, 5) is 2.01. The molecule has 0 radical (unpaired) electrons. The summed E-state index contributed by atoms with van der Waals surface area (Å²) in [7, 11) is 0. The fourth-order valence-electron chi connectivity index (χ4n) is 0.640. The maximum atomic E-state index is 4.21. The quantitative estimate of drug-likeness (QED) is 0.530. The van der Waals surface area contributed by atoms with Crippen LogP contribution in [0.4, 0.5) is 0 Å². The van der Waals surface area contributed by atoms with Crippen molar-refractivity contribution in [3.63, 3.8) is 0 Å². The van der Waals surface area contributed by atoms with Crippen LogP contribution in [0.15, 0.2) is 28.0 Å². The number of aryl methyl sites for hydroxylation is 1. The highest BCUT2D eigenvalue weighted by Gasteiger charge is 1.90. The summed E-state index contributed by atoms with van der Waals surface area (Å²) in [6.45, 7) is 2.02. The largest absolute Gasteiger partial charge is 0.143 e. The van der Waals surface area contributed by atoms with Gasteiger partial charge < -0.3 is 0 Å². The SMILES string of the molecule is Cc1cc(S)ccc1S. The van der Waals surface area contributed by atoms with Gasteiger partial charge in [0.2, 0.25) is 0 Å². The molecule has 1 aromatic carbocycles. The molecule has 9 heavy (non-hydrogen) atoms. The number of benzene rings is 1. The third kappa shape index (κ3) is 1.66.